The van der Waals surface area contributed by atoms with E-state index in [-0.39, 0.29) is 5.91 Å². The van der Waals surface area contributed by atoms with Crippen molar-refractivity contribution in [2.24, 2.45) is 5.73 Å². The van der Waals surface area contributed by atoms with Gasteiger partial charge in [-0.05, 0) is 37.1 Å². The molecule has 1 aromatic carbocycles. The Morgan fingerprint density at radius 3 is 2.61 bits per heavy atom. The highest BCUT2D eigenvalue weighted by atomic mass is 16.2. The zero-order chi connectivity index (χ0) is 13.7. The van der Waals surface area contributed by atoms with Crippen molar-refractivity contribution in [1.82, 2.24) is 0 Å². The SMILES string of the molecule is CCC[C@H](N)C(=O)Nc1ccc(N(C)C)cc1C. The van der Waals surface area contributed by atoms with Crippen LogP contribution in [0.25, 0.3) is 0 Å². The van der Waals surface area contributed by atoms with E-state index in [0.29, 0.717) is 6.42 Å². The Labute approximate surface area is 109 Å². The van der Waals surface area contributed by atoms with Gasteiger partial charge in [0.2, 0.25) is 5.91 Å². The molecule has 0 aliphatic carbocycles. The lowest BCUT2D eigenvalue weighted by Gasteiger charge is -2.17. The van der Waals surface area contributed by atoms with Gasteiger partial charge in [0.1, 0.15) is 0 Å². The van der Waals surface area contributed by atoms with Crippen molar-refractivity contribution in [3.63, 3.8) is 0 Å². The van der Waals surface area contributed by atoms with Gasteiger partial charge in [0.15, 0.2) is 0 Å². The second kappa shape index (κ2) is 6.40. The maximum absolute atomic E-state index is 11.8. The monoisotopic (exact) mass is 249 g/mol. The van der Waals surface area contributed by atoms with Crippen LogP contribution in [0.3, 0.4) is 0 Å². The van der Waals surface area contributed by atoms with E-state index in [9.17, 15) is 4.79 Å². The number of nitrogens with one attached hydrogen (secondary N) is 1. The van der Waals surface area contributed by atoms with E-state index in [1.807, 2.05) is 51.0 Å². The van der Waals surface area contributed by atoms with Gasteiger partial charge in [-0.25, -0.2) is 0 Å². The Balaban J connectivity index is 2.76. The van der Waals surface area contributed by atoms with E-state index in [0.717, 1.165) is 23.4 Å². The summed E-state index contributed by atoms with van der Waals surface area (Å²) < 4.78 is 0. The second-order valence-corrected chi connectivity index (χ2v) is 4.78. The third-order valence-electron chi connectivity index (χ3n) is 2.92. The quantitative estimate of drug-likeness (QED) is 0.840. The van der Waals surface area contributed by atoms with Crippen LogP contribution >= 0.6 is 0 Å². The second-order valence-electron chi connectivity index (χ2n) is 4.78. The lowest BCUT2D eigenvalue weighted by atomic mass is 10.1. The van der Waals surface area contributed by atoms with Crippen LogP contribution in [0, 0.1) is 6.92 Å². The fourth-order valence-electron chi connectivity index (χ4n) is 1.73. The maximum Gasteiger partial charge on any atom is 0.241 e. The predicted molar refractivity (Wildman–Crippen MR) is 77.0 cm³/mol. The fraction of sp³-hybridized carbons (Fsp3) is 0.500. The van der Waals surface area contributed by atoms with Gasteiger partial charge in [0.25, 0.3) is 0 Å². The minimum atomic E-state index is -0.428. The zero-order valence-corrected chi connectivity index (χ0v) is 11.7. The average molecular weight is 249 g/mol. The first-order valence-corrected chi connectivity index (χ1v) is 6.30. The van der Waals surface area contributed by atoms with Crippen molar-refractivity contribution in [2.75, 3.05) is 24.3 Å². The first-order valence-electron chi connectivity index (χ1n) is 6.30. The molecule has 0 fully saturated rings. The van der Waals surface area contributed by atoms with E-state index in [1.54, 1.807) is 0 Å². The molecule has 0 aliphatic heterocycles. The summed E-state index contributed by atoms with van der Waals surface area (Å²) in [5.41, 5.74) is 8.77. The summed E-state index contributed by atoms with van der Waals surface area (Å²) in [7, 11) is 3.98. The number of benzene rings is 1. The molecule has 0 unspecified atom stereocenters. The molecule has 18 heavy (non-hydrogen) atoms. The number of rotatable bonds is 5. The predicted octanol–water partition coefficient (Wildman–Crippen LogP) is 2.13. The van der Waals surface area contributed by atoms with Gasteiger partial charge in [-0.2, -0.15) is 0 Å². The molecule has 0 spiro atoms. The minimum Gasteiger partial charge on any atom is -0.378 e. The molecule has 4 heteroatoms. The van der Waals surface area contributed by atoms with Crippen molar-refractivity contribution < 1.29 is 4.79 Å². The molecule has 0 bridgehead atoms. The van der Waals surface area contributed by atoms with Crippen molar-refractivity contribution in [3.8, 4) is 0 Å². The number of aryl methyl sites for hydroxylation is 1. The highest BCUT2D eigenvalue weighted by molar-refractivity contribution is 5.95. The summed E-state index contributed by atoms with van der Waals surface area (Å²) in [6.07, 6.45) is 1.62. The van der Waals surface area contributed by atoms with E-state index in [1.165, 1.54) is 0 Å². The smallest absolute Gasteiger partial charge is 0.241 e. The molecule has 1 aromatic rings. The molecule has 0 aromatic heterocycles. The van der Waals surface area contributed by atoms with Crippen LogP contribution in [0.1, 0.15) is 25.3 Å². The van der Waals surface area contributed by atoms with Crippen LogP contribution in [-0.2, 0) is 4.79 Å². The summed E-state index contributed by atoms with van der Waals surface area (Å²) >= 11 is 0. The number of carbonyl (C=O) groups excluding carboxylic acids is 1. The van der Waals surface area contributed by atoms with Gasteiger partial charge in [-0.1, -0.05) is 13.3 Å². The largest absolute Gasteiger partial charge is 0.378 e. The number of hydrogen-bond donors (Lipinski definition) is 2. The van der Waals surface area contributed by atoms with E-state index in [4.69, 9.17) is 5.73 Å². The lowest BCUT2D eigenvalue weighted by molar-refractivity contribution is -0.117. The minimum absolute atomic E-state index is 0.113. The number of nitrogens with two attached hydrogens (primary N) is 1. The Bertz CT molecular complexity index is 416. The van der Waals surface area contributed by atoms with E-state index >= 15 is 0 Å². The third kappa shape index (κ3) is 3.74. The van der Waals surface area contributed by atoms with Crippen LogP contribution in [0.4, 0.5) is 11.4 Å². The number of carbonyl (C=O) groups is 1. The Hall–Kier alpha value is -1.55. The standard InChI is InChI=1S/C14H23N3O/c1-5-6-12(15)14(18)16-13-8-7-11(17(3)4)9-10(13)2/h7-9,12H,5-6,15H2,1-4H3,(H,16,18)/t12-/m0/s1. The Morgan fingerprint density at radius 2 is 2.11 bits per heavy atom. The normalized spacial score (nSPS) is 12.1. The van der Waals surface area contributed by atoms with E-state index < -0.39 is 6.04 Å². The van der Waals surface area contributed by atoms with Gasteiger partial charge in [0, 0.05) is 25.5 Å². The topological polar surface area (TPSA) is 58.4 Å². The van der Waals surface area contributed by atoms with Crippen molar-refractivity contribution >= 4 is 17.3 Å². The highest BCUT2D eigenvalue weighted by Crippen LogP contribution is 2.21. The molecule has 1 amide bonds. The Kier molecular flexibility index (Phi) is 5.16. The number of anilines is 2. The van der Waals surface area contributed by atoms with Crippen LogP contribution < -0.4 is 16.0 Å². The van der Waals surface area contributed by atoms with Crippen LogP contribution in [0.5, 0.6) is 0 Å². The lowest BCUT2D eigenvalue weighted by Crippen LogP contribution is -2.35. The molecule has 3 N–H and O–H groups in total. The molecule has 0 saturated carbocycles. The molecule has 0 radical (unpaired) electrons. The van der Waals surface area contributed by atoms with Crippen molar-refractivity contribution in [2.45, 2.75) is 32.7 Å². The summed E-state index contributed by atoms with van der Waals surface area (Å²) in [5.74, 6) is -0.113. The third-order valence-corrected chi connectivity index (χ3v) is 2.92. The van der Waals surface area contributed by atoms with Crippen LogP contribution in [0.2, 0.25) is 0 Å². The molecule has 0 heterocycles. The summed E-state index contributed by atoms with van der Waals surface area (Å²) in [4.78, 5) is 13.9. The van der Waals surface area contributed by atoms with Crippen molar-refractivity contribution in [3.05, 3.63) is 23.8 Å². The Morgan fingerprint density at radius 1 is 1.44 bits per heavy atom. The number of nitrogens with zero attached hydrogens (tertiary/aromatic N) is 1. The molecule has 1 rings (SSSR count). The number of amides is 1. The van der Waals surface area contributed by atoms with Crippen LogP contribution in [-0.4, -0.2) is 26.0 Å². The molecular formula is C14H23N3O. The summed E-state index contributed by atoms with van der Waals surface area (Å²) in [5, 5.41) is 2.88. The maximum atomic E-state index is 11.8. The summed E-state index contributed by atoms with van der Waals surface area (Å²) in [6, 6.07) is 5.51. The zero-order valence-electron chi connectivity index (χ0n) is 11.7. The molecule has 0 aliphatic rings. The van der Waals surface area contributed by atoms with Gasteiger partial charge in [-0.3, -0.25) is 4.79 Å². The van der Waals surface area contributed by atoms with Gasteiger partial charge in [-0.15, -0.1) is 0 Å². The summed E-state index contributed by atoms with van der Waals surface area (Å²) in [6.45, 7) is 4.00. The van der Waals surface area contributed by atoms with Gasteiger partial charge < -0.3 is 16.0 Å². The van der Waals surface area contributed by atoms with Crippen molar-refractivity contribution in [1.29, 1.82) is 0 Å². The average Bonchev–Trinajstić information content (AvgIpc) is 2.31. The van der Waals surface area contributed by atoms with E-state index in [2.05, 4.69) is 5.32 Å². The highest BCUT2D eigenvalue weighted by Gasteiger charge is 2.13. The fourth-order valence-corrected chi connectivity index (χ4v) is 1.73. The molecule has 4 nitrogen and oxygen atoms in total. The number of hydrogen-bond acceptors (Lipinski definition) is 3. The van der Waals surface area contributed by atoms with Gasteiger partial charge in [0.05, 0.1) is 6.04 Å². The first-order chi connectivity index (χ1) is 8.45. The first kappa shape index (κ1) is 14.5. The molecule has 100 valence electrons. The van der Waals surface area contributed by atoms with Gasteiger partial charge >= 0.3 is 0 Å². The molecule has 1 atom stereocenters. The molecule has 0 saturated heterocycles. The molecular weight excluding hydrogens is 226 g/mol. The van der Waals surface area contributed by atoms with Crippen LogP contribution in [0.15, 0.2) is 18.2 Å².